The highest BCUT2D eigenvalue weighted by Crippen LogP contribution is 2.10. The molecule has 0 aromatic carbocycles. The Labute approximate surface area is 74.9 Å². The first kappa shape index (κ1) is 11.7. The van der Waals surface area contributed by atoms with Gasteiger partial charge in [-0.05, 0) is 32.1 Å². The first-order valence-corrected chi connectivity index (χ1v) is 4.62. The summed E-state index contributed by atoms with van der Waals surface area (Å²) in [5.74, 6) is 0.604. The van der Waals surface area contributed by atoms with Gasteiger partial charge in [-0.15, -0.1) is 0 Å². The summed E-state index contributed by atoms with van der Waals surface area (Å²) in [4.78, 5) is 0. The zero-order valence-electron chi connectivity index (χ0n) is 8.03. The van der Waals surface area contributed by atoms with Crippen LogP contribution in [0.2, 0.25) is 0 Å². The van der Waals surface area contributed by atoms with E-state index in [-0.39, 0.29) is 12.7 Å². The van der Waals surface area contributed by atoms with Gasteiger partial charge in [-0.2, -0.15) is 0 Å². The van der Waals surface area contributed by atoms with Gasteiger partial charge in [0.25, 0.3) is 0 Å². The molecule has 0 heterocycles. The second-order valence-electron chi connectivity index (χ2n) is 3.38. The molecule has 0 saturated carbocycles. The number of aliphatic hydroxyl groups excluding tert-OH is 2. The van der Waals surface area contributed by atoms with E-state index in [1.807, 2.05) is 6.08 Å². The van der Waals surface area contributed by atoms with Crippen LogP contribution in [0.4, 0.5) is 0 Å². The molecular weight excluding hydrogens is 152 g/mol. The van der Waals surface area contributed by atoms with Crippen molar-refractivity contribution in [2.24, 2.45) is 5.92 Å². The van der Waals surface area contributed by atoms with E-state index in [4.69, 9.17) is 10.2 Å². The van der Waals surface area contributed by atoms with Crippen molar-refractivity contribution in [1.82, 2.24) is 0 Å². The predicted octanol–water partition coefficient (Wildman–Crippen LogP) is 1.72. The Balaban J connectivity index is 3.36. The Hall–Kier alpha value is -0.340. The van der Waals surface area contributed by atoms with Gasteiger partial charge >= 0.3 is 0 Å². The number of rotatable bonds is 6. The van der Waals surface area contributed by atoms with E-state index in [2.05, 4.69) is 6.92 Å². The Bertz CT molecular complexity index is 119. The topological polar surface area (TPSA) is 40.5 Å². The third-order valence-electron chi connectivity index (χ3n) is 1.81. The Kier molecular flexibility index (Phi) is 7.11. The van der Waals surface area contributed by atoms with Crippen molar-refractivity contribution in [2.75, 3.05) is 6.61 Å². The van der Waals surface area contributed by atoms with Gasteiger partial charge in [0.2, 0.25) is 0 Å². The van der Waals surface area contributed by atoms with E-state index in [0.29, 0.717) is 5.92 Å². The minimum atomic E-state index is -0.338. The molecule has 2 heteroatoms. The van der Waals surface area contributed by atoms with E-state index in [1.165, 1.54) is 0 Å². The van der Waals surface area contributed by atoms with Gasteiger partial charge in [0.1, 0.15) is 0 Å². The van der Waals surface area contributed by atoms with Gasteiger partial charge in [0.15, 0.2) is 0 Å². The van der Waals surface area contributed by atoms with Crippen molar-refractivity contribution < 1.29 is 10.2 Å². The predicted molar refractivity (Wildman–Crippen MR) is 50.9 cm³/mol. The highest BCUT2D eigenvalue weighted by atomic mass is 16.3. The lowest BCUT2D eigenvalue weighted by atomic mass is 10.0. The summed E-state index contributed by atoms with van der Waals surface area (Å²) in [6, 6.07) is 0. The summed E-state index contributed by atoms with van der Waals surface area (Å²) in [5.41, 5.74) is 0. The first-order valence-electron chi connectivity index (χ1n) is 4.62. The Morgan fingerprint density at radius 1 is 1.33 bits per heavy atom. The van der Waals surface area contributed by atoms with E-state index >= 15 is 0 Å². The fourth-order valence-electron chi connectivity index (χ4n) is 1.07. The minimum Gasteiger partial charge on any atom is -0.396 e. The minimum absolute atomic E-state index is 0.282. The molecule has 0 unspecified atom stereocenters. The van der Waals surface area contributed by atoms with Crippen molar-refractivity contribution in [3.05, 3.63) is 12.2 Å². The van der Waals surface area contributed by atoms with Crippen molar-refractivity contribution in [1.29, 1.82) is 0 Å². The molecule has 0 aromatic rings. The molecule has 0 aliphatic carbocycles. The van der Waals surface area contributed by atoms with E-state index < -0.39 is 0 Å². The van der Waals surface area contributed by atoms with Crippen molar-refractivity contribution in [3.63, 3.8) is 0 Å². The average molecular weight is 172 g/mol. The molecule has 0 bridgehead atoms. The zero-order valence-corrected chi connectivity index (χ0v) is 8.03. The second-order valence-corrected chi connectivity index (χ2v) is 3.38. The molecule has 0 aliphatic heterocycles. The Morgan fingerprint density at radius 2 is 2.00 bits per heavy atom. The summed E-state index contributed by atoms with van der Waals surface area (Å²) in [5, 5.41) is 17.5. The van der Waals surface area contributed by atoms with E-state index in [9.17, 15) is 0 Å². The lowest BCUT2D eigenvalue weighted by molar-refractivity contribution is 0.243. The van der Waals surface area contributed by atoms with Gasteiger partial charge in [-0.3, -0.25) is 0 Å². The monoisotopic (exact) mass is 172 g/mol. The molecule has 0 fully saturated rings. The van der Waals surface area contributed by atoms with Crippen LogP contribution in [0.15, 0.2) is 12.2 Å². The number of aliphatic hydroxyl groups is 2. The molecule has 0 radical (unpaired) electrons. The van der Waals surface area contributed by atoms with E-state index in [0.717, 1.165) is 19.3 Å². The van der Waals surface area contributed by atoms with Gasteiger partial charge < -0.3 is 10.2 Å². The summed E-state index contributed by atoms with van der Waals surface area (Å²) in [6.45, 7) is 4.18. The molecule has 0 rings (SSSR count). The van der Waals surface area contributed by atoms with Gasteiger partial charge in [-0.25, -0.2) is 0 Å². The summed E-state index contributed by atoms with van der Waals surface area (Å²) in [7, 11) is 0. The molecule has 2 nitrogen and oxygen atoms in total. The maximum atomic E-state index is 8.91. The highest BCUT2D eigenvalue weighted by molar-refractivity contribution is 4.87. The maximum Gasteiger partial charge on any atom is 0.0692 e. The summed E-state index contributed by atoms with van der Waals surface area (Å²) in [6.07, 6.45) is 6.40. The van der Waals surface area contributed by atoms with Crippen LogP contribution in [-0.4, -0.2) is 22.9 Å². The molecule has 0 saturated heterocycles. The molecule has 0 amide bonds. The first-order chi connectivity index (χ1) is 5.66. The van der Waals surface area contributed by atoms with Crippen molar-refractivity contribution >= 4 is 0 Å². The van der Waals surface area contributed by atoms with Gasteiger partial charge in [0.05, 0.1) is 6.10 Å². The SMILES string of the molecule is C[C@H](C/C=C/[C@@H](C)O)CCCO. The van der Waals surface area contributed by atoms with Crippen LogP contribution >= 0.6 is 0 Å². The molecule has 0 spiro atoms. The fraction of sp³-hybridized carbons (Fsp3) is 0.800. The summed E-state index contributed by atoms with van der Waals surface area (Å²) >= 11 is 0. The van der Waals surface area contributed by atoms with Crippen molar-refractivity contribution in [3.8, 4) is 0 Å². The zero-order chi connectivity index (χ0) is 9.40. The molecule has 12 heavy (non-hydrogen) atoms. The lowest BCUT2D eigenvalue weighted by Gasteiger charge is -2.06. The van der Waals surface area contributed by atoms with E-state index in [1.54, 1.807) is 13.0 Å². The van der Waals surface area contributed by atoms with Crippen LogP contribution < -0.4 is 0 Å². The second kappa shape index (κ2) is 7.32. The maximum absolute atomic E-state index is 8.91. The average Bonchev–Trinajstić information content (AvgIpc) is 2.00. The number of hydrogen-bond acceptors (Lipinski definition) is 2. The van der Waals surface area contributed by atoms with Crippen molar-refractivity contribution in [2.45, 2.75) is 39.2 Å². The number of allylic oxidation sites excluding steroid dienone is 1. The third kappa shape index (κ3) is 7.76. The molecule has 72 valence electrons. The van der Waals surface area contributed by atoms with Gasteiger partial charge in [-0.1, -0.05) is 19.1 Å². The quantitative estimate of drug-likeness (QED) is 0.599. The number of hydrogen-bond donors (Lipinski definition) is 2. The lowest BCUT2D eigenvalue weighted by Crippen LogP contribution is -1.96. The molecule has 0 aromatic heterocycles. The molecule has 2 N–H and O–H groups in total. The third-order valence-corrected chi connectivity index (χ3v) is 1.81. The largest absolute Gasteiger partial charge is 0.396 e. The molecular formula is C10H20O2. The van der Waals surface area contributed by atoms with Crippen LogP contribution in [0, 0.1) is 5.92 Å². The fourth-order valence-corrected chi connectivity index (χ4v) is 1.07. The smallest absolute Gasteiger partial charge is 0.0692 e. The van der Waals surface area contributed by atoms with Crippen LogP contribution in [-0.2, 0) is 0 Å². The highest BCUT2D eigenvalue weighted by Gasteiger charge is 1.98. The van der Waals surface area contributed by atoms with Gasteiger partial charge in [0, 0.05) is 6.61 Å². The van der Waals surface area contributed by atoms with Crippen LogP contribution in [0.1, 0.15) is 33.1 Å². The van der Waals surface area contributed by atoms with Crippen LogP contribution in [0.5, 0.6) is 0 Å². The molecule has 2 atom stereocenters. The summed E-state index contributed by atoms with van der Waals surface area (Å²) < 4.78 is 0. The standard InChI is InChI=1S/C10H20O2/c1-9(6-4-8-11)5-3-7-10(2)12/h3,7,9-12H,4-6,8H2,1-2H3/b7-3+/t9-,10-/m1/s1. The normalized spacial score (nSPS) is 16.7. The Morgan fingerprint density at radius 3 is 2.50 bits per heavy atom. The van der Waals surface area contributed by atoms with Crippen LogP contribution in [0.3, 0.4) is 0 Å². The van der Waals surface area contributed by atoms with Crippen LogP contribution in [0.25, 0.3) is 0 Å². The molecule has 0 aliphatic rings.